The molecule has 0 bridgehead atoms. The molecule has 0 saturated carbocycles. The van der Waals surface area contributed by atoms with E-state index >= 15 is 0 Å². The predicted molar refractivity (Wildman–Crippen MR) is 82.6 cm³/mol. The fourth-order valence-corrected chi connectivity index (χ4v) is 2.54. The second kappa shape index (κ2) is 6.22. The zero-order valence-electron chi connectivity index (χ0n) is 11.9. The summed E-state index contributed by atoms with van der Waals surface area (Å²) >= 11 is 3.41. The number of carbonyl (C=O) groups excluding carboxylic acids is 1. The van der Waals surface area contributed by atoms with Crippen molar-refractivity contribution in [3.63, 3.8) is 0 Å². The molecular weight excluding hydrogens is 318 g/mol. The first-order chi connectivity index (χ1) is 9.51. The van der Waals surface area contributed by atoms with Gasteiger partial charge in [0.25, 0.3) is 5.91 Å². The minimum atomic E-state index is -0.0773. The van der Waals surface area contributed by atoms with Gasteiger partial charge in [-0.15, -0.1) is 0 Å². The van der Waals surface area contributed by atoms with Crippen LogP contribution in [0.25, 0.3) is 0 Å². The number of hydrogen-bond acceptors (Lipinski definition) is 2. The minimum Gasteiger partial charge on any atom is -0.348 e. The Labute approximate surface area is 127 Å². The molecule has 20 heavy (non-hydrogen) atoms. The van der Waals surface area contributed by atoms with Gasteiger partial charge in [0.1, 0.15) is 0 Å². The molecule has 0 saturated heterocycles. The van der Waals surface area contributed by atoms with Gasteiger partial charge in [-0.25, -0.2) is 0 Å². The van der Waals surface area contributed by atoms with Crippen LogP contribution in [0.2, 0.25) is 0 Å². The Morgan fingerprint density at radius 1 is 1.45 bits per heavy atom. The molecule has 106 valence electrons. The summed E-state index contributed by atoms with van der Waals surface area (Å²) in [7, 11) is 1.89. The summed E-state index contributed by atoms with van der Waals surface area (Å²) in [6.45, 7) is 4.53. The summed E-state index contributed by atoms with van der Waals surface area (Å²) in [4.78, 5) is 12.2. The SMILES string of the molecule is CCc1nn(C)cc1CNC(=O)c1cc(C)ccc1Br. The molecule has 1 amide bonds. The Morgan fingerprint density at radius 2 is 2.20 bits per heavy atom. The number of rotatable bonds is 4. The van der Waals surface area contributed by atoms with E-state index in [1.54, 1.807) is 4.68 Å². The maximum absolute atomic E-state index is 12.2. The average molecular weight is 336 g/mol. The molecule has 1 heterocycles. The highest BCUT2D eigenvalue weighted by atomic mass is 79.9. The number of amides is 1. The molecular formula is C15H18BrN3O. The Hall–Kier alpha value is -1.62. The van der Waals surface area contributed by atoms with E-state index in [0.717, 1.165) is 27.7 Å². The van der Waals surface area contributed by atoms with Crippen LogP contribution in [0.15, 0.2) is 28.9 Å². The summed E-state index contributed by atoms with van der Waals surface area (Å²) in [5, 5.41) is 7.32. The van der Waals surface area contributed by atoms with E-state index in [4.69, 9.17) is 0 Å². The second-order valence-corrected chi connectivity index (χ2v) is 5.65. The van der Waals surface area contributed by atoms with Crippen molar-refractivity contribution in [2.45, 2.75) is 26.8 Å². The van der Waals surface area contributed by atoms with Crippen LogP contribution in [0.1, 0.15) is 34.1 Å². The Kier molecular flexibility index (Phi) is 4.60. The number of carbonyl (C=O) groups is 1. The van der Waals surface area contributed by atoms with Crippen molar-refractivity contribution < 1.29 is 4.79 Å². The summed E-state index contributed by atoms with van der Waals surface area (Å²) in [6.07, 6.45) is 2.81. The number of hydrogen-bond donors (Lipinski definition) is 1. The maximum Gasteiger partial charge on any atom is 0.252 e. The zero-order valence-corrected chi connectivity index (χ0v) is 13.5. The molecule has 0 fully saturated rings. The topological polar surface area (TPSA) is 46.9 Å². The first kappa shape index (κ1) is 14.8. The zero-order chi connectivity index (χ0) is 14.7. The lowest BCUT2D eigenvalue weighted by Gasteiger charge is -2.07. The highest BCUT2D eigenvalue weighted by Gasteiger charge is 2.12. The van der Waals surface area contributed by atoms with Gasteiger partial charge in [0.2, 0.25) is 0 Å². The number of aromatic nitrogens is 2. The van der Waals surface area contributed by atoms with Crippen molar-refractivity contribution >= 4 is 21.8 Å². The Balaban J connectivity index is 2.10. The lowest BCUT2D eigenvalue weighted by molar-refractivity contribution is 0.0950. The van der Waals surface area contributed by atoms with E-state index in [9.17, 15) is 4.79 Å². The van der Waals surface area contributed by atoms with E-state index in [2.05, 4.69) is 33.3 Å². The molecule has 1 N–H and O–H groups in total. The average Bonchev–Trinajstić information content (AvgIpc) is 2.79. The molecule has 4 nitrogen and oxygen atoms in total. The van der Waals surface area contributed by atoms with Gasteiger partial charge < -0.3 is 5.32 Å². The van der Waals surface area contributed by atoms with E-state index in [1.165, 1.54) is 0 Å². The first-order valence-electron chi connectivity index (χ1n) is 6.57. The third kappa shape index (κ3) is 3.28. The van der Waals surface area contributed by atoms with E-state index in [1.807, 2.05) is 38.4 Å². The van der Waals surface area contributed by atoms with Crippen molar-refractivity contribution in [1.29, 1.82) is 0 Å². The highest BCUT2D eigenvalue weighted by Crippen LogP contribution is 2.18. The van der Waals surface area contributed by atoms with Gasteiger partial charge in [-0.3, -0.25) is 9.48 Å². The molecule has 1 aromatic carbocycles. The highest BCUT2D eigenvalue weighted by molar-refractivity contribution is 9.10. The van der Waals surface area contributed by atoms with Gasteiger partial charge in [-0.1, -0.05) is 18.6 Å². The molecule has 1 aromatic heterocycles. The standard InChI is InChI=1S/C15H18BrN3O/c1-4-14-11(9-19(3)18-14)8-17-15(20)12-7-10(2)5-6-13(12)16/h5-7,9H,4,8H2,1-3H3,(H,17,20). The van der Waals surface area contributed by atoms with Gasteiger partial charge >= 0.3 is 0 Å². The van der Waals surface area contributed by atoms with Crippen LogP contribution < -0.4 is 5.32 Å². The van der Waals surface area contributed by atoms with Gasteiger partial charge in [0.05, 0.1) is 11.3 Å². The van der Waals surface area contributed by atoms with Crippen molar-refractivity contribution in [2.75, 3.05) is 0 Å². The monoisotopic (exact) mass is 335 g/mol. The quantitative estimate of drug-likeness (QED) is 0.933. The maximum atomic E-state index is 12.2. The second-order valence-electron chi connectivity index (χ2n) is 4.79. The van der Waals surface area contributed by atoms with Crippen LogP contribution >= 0.6 is 15.9 Å². The van der Waals surface area contributed by atoms with Gasteiger partial charge in [-0.2, -0.15) is 5.10 Å². The lowest BCUT2D eigenvalue weighted by atomic mass is 10.1. The lowest BCUT2D eigenvalue weighted by Crippen LogP contribution is -2.23. The molecule has 0 aliphatic rings. The molecule has 0 aliphatic carbocycles. The Morgan fingerprint density at radius 3 is 2.90 bits per heavy atom. The van der Waals surface area contributed by atoms with E-state index < -0.39 is 0 Å². The summed E-state index contributed by atoms with van der Waals surface area (Å²) in [6, 6.07) is 5.74. The molecule has 0 radical (unpaired) electrons. The smallest absolute Gasteiger partial charge is 0.252 e. The summed E-state index contributed by atoms with van der Waals surface area (Å²) in [5.74, 6) is -0.0773. The number of halogens is 1. The minimum absolute atomic E-state index is 0.0773. The fraction of sp³-hybridized carbons (Fsp3) is 0.333. The first-order valence-corrected chi connectivity index (χ1v) is 7.36. The fourth-order valence-electron chi connectivity index (χ4n) is 2.11. The van der Waals surface area contributed by atoms with E-state index in [0.29, 0.717) is 12.1 Å². The molecule has 0 unspecified atom stereocenters. The number of nitrogens with zero attached hydrogens (tertiary/aromatic N) is 2. The third-order valence-corrected chi connectivity index (χ3v) is 3.82. The normalized spacial score (nSPS) is 10.6. The van der Waals surface area contributed by atoms with Gasteiger partial charge in [-0.05, 0) is 41.4 Å². The van der Waals surface area contributed by atoms with E-state index in [-0.39, 0.29) is 5.91 Å². The van der Waals surface area contributed by atoms with Crippen LogP contribution in [0.3, 0.4) is 0 Å². The number of aryl methyl sites for hydroxylation is 3. The predicted octanol–water partition coefficient (Wildman–Crippen LogP) is 2.98. The van der Waals surface area contributed by atoms with Crippen molar-refractivity contribution in [3.8, 4) is 0 Å². The summed E-state index contributed by atoms with van der Waals surface area (Å²) in [5.41, 5.74) is 3.81. The van der Waals surface area contributed by atoms with Gasteiger partial charge in [0, 0.05) is 29.8 Å². The van der Waals surface area contributed by atoms with Crippen LogP contribution in [0.5, 0.6) is 0 Å². The van der Waals surface area contributed by atoms with Crippen LogP contribution in [0, 0.1) is 6.92 Å². The molecule has 5 heteroatoms. The summed E-state index contributed by atoms with van der Waals surface area (Å²) < 4.78 is 2.59. The molecule has 0 aliphatic heterocycles. The van der Waals surface area contributed by atoms with Crippen molar-refractivity contribution in [1.82, 2.24) is 15.1 Å². The molecule has 2 aromatic rings. The molecule has 0 spiro atoms. The number of benzene rings is 1. The van der Waals surface area contributed by atoms with Crippen molar-refractivity contribution in [2.24, 2.45) is 7.05 Å². The van der Waals surface area contributed by atoms with Crippen molar-refractivity contribution in [3.05, 3.63) is 51.3 Å². The molecule has 2 rings (SSSR count). The largest absolute Gasteiger partial charge is 0.348 e. The van der Waals surface area contributed by atoms with Crippen LogP contribution in [-0.4, -0.2) is 15.7 Å². The third-order valence-electron chi connectivity index (χ3n) is 3.13. The number of nitrogens with one attached hydrogen (secondary N) is 1. The van der Waals surface area contributed by atoms with Gasteiger partial charge in [0.15, 0.2) is 0 Å². The van der Waals surface area contributed by atoms with Crippen LogP contribution in [0.4, 0.5) is 0 Å². The van der Waals surface area contributed by atoms with Crippen LogP contribution in [-0.2, 0) is 20.0 Å². The Bertz CT molecular complexity index is 634. The molecule has 0 atom stereocenters.